The molecule has 2 saturated heterocycles. The second kappa shape index (κ2) is 11.9. The van der Waals surface area contributed by atoms with E-state index in [-0.39, 0.29) is 12.3 Å². The Hall–Kier alpha value is -3.58. The number of nitrogens with zero attached hydrogens (tertiary/aromatic N) is 2. The average Bonchev–Trinajstić information content (AvgIpc) is 3.29. The summed E-state index contributed by atoms with van der Waals surface area (Å²) in [4.78, 5) is 18.3. The molecule has 200 valence electrons. The minimum atomic E-state index is -0.808. The van der Waals surface area contributed by atoms with E-state index in [0.29, 0.717) is 25.5 Å². The third-order valence-electron chi connectivity index (χ3n) is 7.40. The molecule has 0 bridgehead atoms. The number of hydrogen-bond donors (Lipinski definition) is 1. The van der Waals surface area contributed by atoms with E-state index in [1.165, 1.54) is 32.4 Å². The van der Waals surface area contributed by atoms with Crippen LogP contribution >= 0.6 is 0 Å². The molecular weight excluding hydrogens is 480 g/mol. The molecule has 7 nitrogen and oxygen atoms in total. The third kappa shape index (κ3) is 6.27. The van der Waals surface area contributed by atoms with Crippen molar-refractivity contribution >= 4 is 5.97 Å². The monoisotopic (exact) mass is 516 g/mol. The number of rotatable bonds is 9. The van der Waals surface area contributed by atoms with Gasteiger partial charge in [0.05, 0.1) is 25.0 Å². The van der Waals surface area contributed by atoms with Gasteiger partial charge >= 0.3 is 5.97 Å². The lowest BCUT2D eigenvalue weighted by Gasteiger charge is -2.26. The van der Waals surface area contributed by atoms with Crippen LogP contribution in [-0.2, 0) is 9.53 Å². The lowest BCUT2D eigenvalue weighted by Crippen LogP contribution is -2.33. The normalized spacial score (nSPS) is 20.4. The predicted octanol–water partition coefficient (Wildman–Crippen LogP) is 5.83. The van der Waals surface area contributed by atoms with E-state index in [1.54, 1.807) is 6.26 Å². The Morgan fingerprint density at radius 3 is 2.74 bits per heavy atom. The molecule has 1 aromatic carbocycles. The lowest BCUT2D eigenvalue weighted by atomic mass is 9.92. The number of carboxylic acids is 1. The highest BCUT2D eigenvalue weighted by Gasteiger charge is 2.30. The zero-order chi connectivity index (χ0) is 26.5. The van der Waals surface area contributed by atoms with Crippen LogP contribution in [-0.4, -0.2) is 53.8 Å². The van der Waals surface area contributed by atoms with Crippen molar-refractivity contribution in [2.45, 2.75) is 46.0 Å². The number of pyridine rings is 1. The maximum Gasteiger partial charge on any atom is 0.304 e. The number of hydrogen-bond acceptors (Lipinski definition) is 6. The molecule has 1 aromatic heterocycles. The van der Waals surface area contributed by atoms with Crippen LogP contribution in [0.15, 0.2) is 65.7 Å². The quantitative estimate of drug-likeness (QED) is 0.420. The minimum absolute atomic E-state index is 0.0833. The molecule has 1 N–H and O–H groups in total. The first-order valence-electron chi connectivity index (χ1n) is 13.5. The SMILES string of the molecule is Cc1cc(OCCN2CCCCC2)cc(C)c1-c1cccc(OC=C2C=C3OCC(CC(=O)O)C3=CC2)n1. The summed E-state index contributed by atoms with van der Waals surface area (Å²) in [6.07, 6.45) is 10.3. The van der Waals surface area contributed by atoms with Gasteiger partial charge in [-0.1, -0.05) is 18.6 Å². The summed E-state index contributed by atoms with van der Waals surface area (Å²) < 4.78 is 17.8. The fraction of sp³-hybridized carbons (Fsp3) is 0.419. The van der Waals surface area contributed by atoms with Crippen molar-refractivity contribution in [3.05, 3.63) is 76.8 Å². The third-order valence-corrected chi connectivity index (χ3v) is 7.40. The first-order chi connectivity index (χ1) is 18.5. The van der Waals surface area contributed by atoms with Crippen LogP contribution < -0.4 is 9.47 Å². The zero-order valence-electron chi connectivity index (χ0n) is 22.2. The van der Waals surface area contributed by atoms with Crippen molar-refractivity contribution in [2.24, 2.45) is 5.92 Å². The van der Waals surface area contributed by atoms with Gasteiger partial charge in [-0.2, -0.15) is 0 Å². The van der Waals surface area contributed by atoms with Gasteiger partial charge in [-0.3, -0.25) is 9.69 Å². The number of carboxylic acid groups (broad SMARTS) is 1. The van der Waals surface area contributed by atoms with E-state index in [9.17, 15) is 4.79 Å². The fourth-order valence-electron chi connectivity index (χ4n) is 5.52. The van der Waals surface area contributed by atoms with Gasteiger partial charge in [0.15, 0.2) is 0 Å². The van der Waals surface area contributed by atoms with Crippen molar-refractivity contribution in [3.63, 3.8) is 0 Å². The summed E-state index contributed by atoms with van der Waals surface area (Å²) in [6, 6.07) is 9.97. The Kier molecular flexibility index (Phi) is 8.13. The van der Waals surface area contributed by atoms with E-state index in [4.69, 9.17) is 24.3 Å². The topological polar surface area (TPSA) is 81.1 Å². The predicted molar refractivity (Wildman–Crippen MR) is 146 cm³/mol. The van der Waals surface area contributed by atoms with Gasteiger partial charge in [0.2, 0.25) is 5.88 Å². The summed E-state index contributed by atoms with van der Waals surface area (Å²) in [5.41, 5.74) is 6.10. The molecule has 1 unspecified atom stereocenters. The molecule has 2 fully saturated rings. The van der Waals surface area contributed by atoms with Gasteiger partial charge in [-0.05, 0) is 92.7 Å². The number of allylic oxidation sites excluding steroid dienone is 4. The maximum atomic E-state index is 11.1. The lowest BCUT2D eigenvalue weighted by molar-refractivity contribution is -0.137. The molecule has 3 aliphatic rings. The van der Waals surface area contributed by atoms with Crippen LogP contribution in [0.25, 0.3) is 11.3 Å². The van der Waals surface area contributed by atoms with E-state index >= 15 is 0 Å². The number of aliphatic carboxylic acids is 1. The Labute approximate surface area is 224 Å². The largest absolute Gasteiger partial charge is 0.493 e. The Morgan fingerprint density at radius 2 is 1.97 bits per heavy atom. The number of carbonyl (C=O) groups is 1. The molecule has 0 amide bonds. The highest BCUT2D eigenvalue weighted by molar-refractivity contribution is 5.69. The van der Waals surface area contributed by atoms with Crippen molar-refractivity contribution in [1.29, 1.82) is 0 Å². The molecule has 0 spiro atoms. The van der Waals surface area contributed by atoms with Crippen LogP contribution in [0.1, 0.15) is 43.2 Å². The summed E-state index contributed by atoms with van der Waals surface area (Å²) in [5.74, 6) is 1.26. The van der Waals surface area contributed by atoms with Crippen LogP contribution in [0, 0.1) is 19.8 Å². The van der Waals surface area contributed by atoms with Gasteiger partial charge in [-0.15, -0.1) is 0 Å². The average molecular weight is 517 g/mol. The Morgan fingerprint density at radius 1 is 1.18 bits per heavy atom. The van der Waals surface area contributed by atoms with E-state index in [2.05, 4.69) is 30.9 Å². The van der Waals surface area contributed by atoms with Gasteiger partial charge in [0.25, 0.3) is 0 Å². The second-order valence-corrected chi connectivity index (χ2v) is 10.3. The highest BCUT2D eigenvalue weighted by Crippen LogP contribution is 2.37. The van der Waals surface area contributed by atoms with Gasteiger partial charge in [-0.25, -0.2) is 4.98 Å². The number of aromatic nitrogens is 1. The molecule has 0 radical (unpaired) electrons. The number of likely N-dealkylation sites (tertiary alicyclic amines) is 1. The number of fused-ring (bicyclic) bond motifs is 1. The van der Waals surface area contributed by atoms with Crippen molar-refractivity contribution in [3.8, 4) is 22.9 Å². The van der Waals surface area contributed by atoms with Crippen LogP contribution in [0.3, 0.4) is 0 Å². The Balaban J connectivity index is 1.23. The van der Waals surface area contributed by atoms with Gasteiger partial charge in [0, 0.05) is 24.1 Å². The van der Waals surface area contributed by atoms with Crippen molar-refractivity contribution in [1.82, 2.24) is 9.88 Å². The standard InChI is InChI=1S/C31H36N2O5/c1-21-15-25(36-14-13-33-11-4-3-5-12-33)16-22(2)31(21)27-7-6-8-29(32-27)38-19-23-9-10-26-24(18-30(34)35)20-37-28(26)17-23/h6-8,10,15-17,19,24H,3-5,9,11-14,18,20H2,1-2H3,(H,34,35). The summed E-state index contributed by atoms with van der Waals surface area (Å²) in [5, 5.41) is 9.11. The molecule has 2 aliphatic heterocycles. The van der Waals surface area contributed by atoms with Crippen LogP contribution in [0.2, 0.25) is 0 Å². The molecule has 7 heteroatoms. The molecule has 2 aromatic rings. The number of piperidine rings is 1. The van der Waals surface area contributed by atoms with Crippen molar-refractivity contribution in [2.75, 3.05) is 32.8 Å². The maximum absolute atomic E-state index is 11.1. The van der Waals surface area contributed by atoms with Crippen LogP contribution in [0.4, 0.5) is 0 Å². The van der Waals surface area contributed by atoms with Gasteiger partial charge in [0.1, 0.15) is 18.1 Å². The zero-order valence-corrected chi connectivity index (χ0v) is 22.2. The number of ether oxygens (including phenoxy) is 3. The summed E-state index contributed by atoms with van der Waals surface area (Å²) >= 11 is 0. The number of aryl methyl sites for hydroxylation is 2. The van der Waals surface area contributed by atoms with Crippen molar-refractivity contribution < 1.29 is 24.1 Å². The highest BCUT2D eigenvalue weighted by atomic mass is 16.5. The van der Waals surface area contributed by atoms with Gasteiger partial charge < -0.3 is 19.3 Å². The first kappa shape index (κ1) is 26.0. The Bertz CT molecular complexity index is 1250. The molecule has 1 atom stereocenters. The smallest absolute Gasteiger partial charge is 0.304 e. The molecule has 0 saturated carbocycles. The van der Waals surface area contributed by atoms with E-state index in [0.717, 1.165) is 51.6 Å². The van der Waals surface area contributed by atoms with E-state index < -0.39 is 5.97 Å². The van der Waals surface area contributed by atoms with E-state index in [1.807, 2.05) is 30.4 Å². The number of benzene rings is 1. The minimum Gasteiger partial charge on any atom is -0.493 e. The fourth-order valence-corrected chi connectivity index (χ4v) is 5.52. The molecular formula is C31H36N2O5. The molecule has 1 aliphatic carbocycles. The first-order valence-corrected chi connectivity index (χ1v) is 13.5. The molecule has 38 heavy (non-hydrogen) atoms. The second-order valence-electron chi connectivity index (χ2n) is 10.3. The molecule has 3 heterocycles. The summed E-state index contributed by atoms with van der Waals surface area (Å²) in [7, 11) is 0. The summed E-state index contributed by atoms with van der Waals surface area (Å²) in [6.45, 7) is 8.62. The van der Waals surface area contributed by atoms with Crippen LogP contribution in [0.5, 0.6) is 11.6 Å². The molecule has 5 rings (SSSR count).